The van der Waals surface area contributed by atoms with Crippen LogP contribution in [0.2, 0.25) is 0 Å². The summed E-state index contributed by atoms with van der Waals surface area (Å²) in [6.45, 7) is 2.52. The molecule has 0 bridgehead atoms. The zero-order valence-electron chi connectivity index (χ0n) is 19.4. The number of aliphatic hydroxyl groups excluding tert-OH is 1. The van der Waals surface area contributed by atoms with Crippen molar-refractivity contribution in [1.82, 2.24) is 10.0 Å². The normalized spacial score (nSPS) is 12.9. The lowest BCUT2D eigenvalue weighted by Crippen LogP contribution is -2.24. The molecule has 2 unspecified atom stereocenters. The summed E-state index contributed by atoms with van der Waals surface area (Å²) in [6, 6.07) is 22.6. The molecule has 0 fully saturated rings. The maximum absolute atomic E-state index is 10.7. The highest BCUT2D eigenvalue weighted by Gasteiger charge is 2.10. The Bertz CT molecular complexity index is 1050. The number of rotatable bonds is 15. The monoisotopic (exact) mass is 499 g/mol. The van der Waals surface area contributed by atoms with Crippen LogP contribution in [0, 0.1) is 0 Å². The van der Waals surface area contributed by atoms with Gasteiger partial charge in [0.25, 0.3) is 0 Å². The largest absolute Gasteiger partial charge is 0.760 e. The number of benzene rings is 3. The first kappa shape index (κ1) is 26.8. The second kappa shape index (κ2) is 14.6. The van der Waals surface area contributed by atoms with E-state index in [1.807, 2.05) is 54.6 Å². The molecule has 0 aliphatic heterocycles. The molecule has 0 radical (unpaired) electrons. The van der Waals surface area contributed by atoms with Gasteiger partial charge in [0.15, 0.2) is 0 Å². The van der Waals surface area contributed by atoms with Crippen LogP contribution >= 0.6 is 0 Å². The molecule has 0 heterocycles. The number of ether oxygens (including phenoxy) is 2. The number of aliphatic hydroxyl groups is 1. The van der Waals surface area contributed by atoms with E-state index in [4.69, 9.17) is 9.47 Å². The van der Waals surface area contributed by atoms with Gasteiger partial charge in [0.2, 0.25) is 0 Å². The average Bonchev–Trinajstić information content (AvgIpc) is 2.87. The number of phenolic OH excluding ortho intramolecular Hbond substituents is 1. The maximum Gasteiger partial charge on any atom is 0.120 e. The molecule has 0 aromatic heterocycles. The van der Waals surface area contributed by atoms with Gasteiger partial charge in [-0.25, -0.2) is 4.72 Å². The Morgan fingerprint density at radius 1 is 0.971 bits per heavy atom. The van der Waals surface area contributed by atoms with Crippen molar-refractivity contribution < 1.29 is 28.4 Å². The van der Waals surface area contributed by atoms with Crippen molar-refractivity contribution in [3.8, 4) is 11.5 Å². The topological polar surface area (TPSA) is 123 Å². The van der Waals surface area contributed by atoms with Gasteiger partial charge in [0.1, 0.15) is 18.1 Å². The summed E-state index contributed by atoms with van der Waals surface area (Å²) in [5, 5.41) is 23.5. The van der Waals surface area contributed by atoms with Gasteiger partial charge in [0.05, 0.1) is 19.3 Å². The number of hydrogen-bond acceptors (Lipinski definition) is 7. The van der Waals surface area contributed by atoms with Gasteiger partial charge < -0.3 is 29.6 Å². The second-order valence-corrected chi connectivity index (χ2v) is 8.70. The van der Waals surface area contributed by atoms with Gasteiger partial charge in [-0.05, 0) is 53.9 Å². The predicted molar refractivity (Wildman–Crippen MR) is 133 cm³/mol. The van der Waals surface area contributed by atoms with Crippen molar-refractivity contribution in [3.05, 3.63) is 95.1 Å². The van der Waals surface area contributed by atoms with Gasteiger partial charge in [-0.15, -0.1) is 0 Å². The van der Waals surface area contributed by atoms with Crippen LogP contribution in [0.5, 0.6) is 11.5 Å². The summed E-state index contributed by atoms with van der Waals surface area (Å²) >= 11 is -2.43. The highest BCUT2D eigenvalue weighted by molar-refractivity contribution is 7.77. The Labute approximate surface area is 208 Å². The molecule has 9 heteroatoms. The third kappa shape index (κ3) is 9.77. The van der Waals surface area contributed by atoms with Crippen molar-refractivity contribution >= 4 is 11.3 Å². The summed E-state index contributed by atoms with van der Waals surface area (Å²) in [5.74, 6) is 0.762. The minimum Gasteiger partial charge on any atom is -0.760 e. The van der Waals surface area contributed by atoms with Crippen LogP contribution in [-0.4, -0.2) is 45.3 Å². The molecule has 0 saturated carbocycles. The summed E-state index contributed by atoms with van der Waals surface area (Å²) in [6.07, 6.45) is -0.000230. The third-order valence-corrected chi connectivity index (χ3v) is 5.71. The minimum atomic E-state index is -2.43. The smallest absolute Gasteiger partial charge is 0.120 e. The molecule has 0 saturated heterocycles. The highest BCUT2D eigenvalue weighted by Crippen LogP contribution is 2.22. The summed E-state index contributed by atoms with van der Waals surface area (Å²) in [4.78, 5) is 0. The third-order valence-electron chi connectivity index (χ3n) is 5.33. The van der Waals surface area contributed by atoms with Crippen molar-refractivity contribution in [1.29, 1.82) is 0 Å². The fourth-order valence-corrected chi connectivity index (χ4v) is 3.69. The van der Waals surface area contributed by atoms with E-state index in [2.05, 4.69) is 10.0 Å². The second-order valence-electron chi connectivity index (χ2n) is 7.94. The summed E-state index contributed by atoms with van der Waals surface area (Å²) < 4.78 is 34.9. The Morgan fingerprint density at radius 3 is 2.49 bits per heavy atom. The van der Waals surface area contributed by atoms with E-state index in [1.165, 1.54) is 6.07 Å². The first-order chi connectivity index (χ1) is 17.0. The molecule has 0 spiro atoms. The number of nitrogens with one attached hydrogen (secondary N) is 2. The van der Waals surface area contributed by atoms with Crippen molar-refractivity contribution in [2.24, 2.45) is 0 Å². The molecule has 4 N–H and O–H groups in total. The molecule has 35 heavy (non-hydrogen) atoms. The Kier molecular flexibility index (Phi) is 11.2. The highest BCUT2D eigenvalue weighted by atomic mass is 32.2. The minimum absolute atomic E-state index is 0.0287. The van der Waals surface area contributed by atoms with E-state index < -0.39 is 17.4 Å². The Hall–Kier alpha value is -2.79. The molecule has 3 aromatic rings. The van der Waals surface area contributed by atoms with E-state index in [-0.39, 0.29) is 12.3 Å². The average molecular weight is 500 g/mol. The van der Waals surface area contributed by atoms with E-state index in [9.17, 15) is 19.0 Å². The molecule has 0 aliphatic carbocycles. The lowest BCUT2D eigenvalue weighted by Gasteiger charge is -2.15. The Balaban J connectivity index is 1.32. The first-order valence-electron chi connectivity index (χ1n) is 11.4. The zero-order valence-corrected chi connectivity index (χ0v) is 20.2. The van der Waals surface area contributed by atoms with Crippen molar-refractivity contribution in [2.45, 2.75) is 25.7 Å². The van der Waals surface area contributed by atoms with E-state index >= 15 is 0 Å². The van der Waals surface area contributed by atoms with Gasteiger partial charge in [-0.3, -0.25) is 4.21 Å². The van der Waals surface area contributed by atoms with Crippen LogP contribution in [0.15, 0.2) is 72.8 Å². The van der Waals surface area contributed by atoms with Crippen LogP contribution in [0.3, 0.4) is 0 Å². The summed E-state index contributed by atoms with van der Waals surface area (Å²) in [5.41, 5.74) is 3.27. The molecule has 3 rings (SSSR count). The van der Waals surface area contributed by atoms with Crippen LogP contribution < -0.4 is 14.8 Å². The lowest BCUT2D eigenvalue weighted by atomic mass is 10.0. The SMILES string of the molecule is O=S([O-])NCc1cc(C(O)CNCCc2ccc(OCCOCc3ccccc3)cc2)ccc1O. The van der Waals surface area contributed by atoms with Crippen molar-refractivity contribution in [2.75, 3.05) is 26.3 Å². The molecule has 0 amide bonds. The van der Waals surface area contributed by atoms with Crippen LogP contribution in [-0.2, 0) is 35.6 Å². The molecular formula is C26H31N2O6S-. The number of hydrogen-bond donors (Lipinski definition) is 4. The predicted octanol–water partition coefficient (Wildman–Crippen LogP) is 2.74. The molecule has 8 nitrogen and oxygen atoms in total. The van der Waals surface area contributed by atoms with E-state index in [1.54, 1.807) is 12.1 Å². The molecule has 3 aromatic carbocycles. The van der Waals surface area contributed by atoms with E-state index in [0.717, 1.165) is 23.3 Å². The van der Waals surface area contributed by atoms with Gasteiger partial charge in [-0.2, -0.15) is 0 Å². The first-order valence-corrected chi connectivity index (χ1v) is 12.5. The maximum atomic E-state index is 10.7. The molecule has 0 aliphatic rings. The number of aromatic hydroxyl groups is 1. The van der Waals surface area contributed by atoms with Crippen LogP contribution in [0.1, 0.15) is 28.4 Å². The molecule has 2 atom stereocenters. The zero-order chi connectivity index (χ0) is 24.9. The van der Waals surface area contributed by atoms with Crippen LogP contribution in [0.4, 0.5) is 0 Å². The van der Waals surface area contributed by atoms with Crippen molar-refractivity contribution in [3.63, 3.8) is 0 Å². The lowest BCUT2D eigenvalue weighted by molar-refractivity contribution is 0.0889. The van der Waals surface area contributed by atoms with E-state index in [0.29, 0.717) is 44.0 Å². The quantitative estimate of drug-likeness (QED) is 0.187. The van der Waals surface area contributed by atoms with Gasteiger partial charge in [-0.1, -0.05) is 48.5 Å². The fraction of sp³-hybridized carbons (Fsp3) is 0.308. The fourth-order valence-electron chi connectivity index (χ4n) is 3.42. The Morgan fingerprint density at radius 2 is 1.74 bits per heavy atom. The molecular weight excluding hydrogens is 468 g/mol. The molecule has 188 valence electrons. The summed E-state index contributed by atoms with van der Waals surface area (Å²) in [7, 11) is 0. The van der Waals surface area contributed by atoms with Gasteiger partial charge >= 0.3 is 0 Å². The van der Waals surface area contributed by atoms with Crippen LogP contribution in [0.25, 0.3) is 0 Å². The van der Waals surface area contributed by atoms with Gasteiger partial charge in [0, 0.05) is 29.9 Å². The number of phenols is 1. The standard InChI is InChI=1S/C26H32N2O6S/c29-25-11-8-22(16-23(25)17-28-35(31)32)26(30)18-27-13-12-20-6-9-24(10-7-20)34-15-14-33-19-21-4-2-1-3-5-21/h1-11,16,26-30H,12-15,17-19H2,(H,31,32)/p-1.